The first-order valence-electron chi connectivity index (χ1n) is 4.12. The minimum Gasteiger partial charge on any atom is -0.469 e. The Kier molecular flexibility index (Phi) is 2.32. The molecule has 0 amide bonds. The lowest BCUT2D eigenvalue weighted by Gasteiger charge is -1.99. The lowest BCUT2D eigenvalue weighted by Crippen LogP contribution is -2.10. The molecule has 1 aliphatic carbocycles. The number of carbonyl (C=O) groups is 2. The maximum absolute atomic E-state index is 11.2. The molecule has 0 heterocycles. The van der Waals surface area contributed by atoms with Crippen LogP contribution in [-0.4, -0.2) is 26.2 Å². The highest BCUT2D eigenvalue weighted by Crippen LogP contribution is 2.59. The molecule has 0 bridgehead atoms. The fourth-order valence-corrected chi connectivity index (χ4v) is 1.77. The van der Waals surface area contributed by atoms with Crippen LogP contribution in [0.3, 0.4) is 0 Å². The average Bonchev–Trinajstić information content (AvgIpc) is 2.66. The summed E-state index contributed by atoms with van der Waals surface area (Å²) in [6, 6.07) is 0. The zero-order chi connectivity index (χ0) is 10.2. The molecule has 4 nitrogen and oxygen atoms in total. The molecule has 2 atom stereocenters. The molecule has 1 saturated carbocycles. The van der Waals surface area contributed by atoms with Crippen molar-refractivity contribution in [3.05, 3.63) is 0 Å². The predicted molar refractivity (Wildman–Crippen MR) is 44.8 cm³/mol. The van der Waals surface area contributed by atoms with Gasteiger partial charge in [-0.25, -0.2) is 0 Å². The summed E-state index contributed by atoms with van der Waals surface area (Å²) in [5.41, 5.74) is -0.319. The van der Waals surface area contributed by atoms with Crippen molar-refractivity contribution in [3.63, 3.8) is 0 Å². The summed E-state index contributed by atoms with van der Waals surface area (Å²) in [6.45, 7) is 3.71. The van der Waals surface area contributed by atoms with E-state index in [0.717, 1.165) is 0 Å². The first-order valence-corrected chi connectivity index (χ1v) is 4.12. The van der Waals surface area contributed by atoms with E-state index in [9.17, 15) is 9.59 Å². The van der Waals surface area contributed by atoms with Gasteiger partial charge >= 0.3 is 11.9 Å². The summed E-state index contributed by atoms with van der Waals surface area (Å²) in [4.78, 5) is 22.4. The van der Waals surface area contributed by atoms with E-state index in [4.69, 9.17) is 0 Å². The highest BCUT2D eigenvalue weighted by atomic mass is 16.5. The number of hydrogen-bond acceptors (Lipinski definition) is 4. The van der Waals surface area contributed by atoms with Gasteiger partial charge in [-0.15, -0.1) is 0 Å². The number of carbonyl (C=O) groups excluding carboxylic acids is 2. The normalized spacial score (nSPS) is 29.2. The average molecular weight is 186 g/mol. The summed E-state index contributed by atoms with van der Waals surface area (Å²) in [5.74, 6) is -1.35. The molecular formula is C9H14O4. The van der Waals surface area contributed by atoms with Crippen LogP contribution in [0.15, 0.2) is 0 Å². The van der Waals surface area contributed by atoms with E-state index in [0.29, 0.717) is 0 Å². The van der Waals surface area contributed by atoms with Crippen LogP contribution in [0.5, 0.6) is 0 Å². The van der Waals surface area contributed by atoms with E-state index < -0.39 is 0 Å². The molecule has 13 heavy (non-hydrogen) atoms. The third-order valence-electron chi connectivity index (χ3n) is 2.74. The SMILES string of the molecule is COC(=O)[C@@H]1[C@H](C(=O)OC)C1(C)C. The molecule has 4 heteroatoms. The Morgan fingerprint density at radius 2 is 1.31 bits per heavy atom. The van der Waals surface area contributed by atoms with Crippen molar-refractivity contribution in [3.8, 4) is 0 Å². The third kappa shape index (κ3) is 1.41. The summed E-state index contributed by atoms with van der Waals surface area (Å²) in [7, 11) is 2.65. The molecule has 0 aromatic heterocycles. The first-order chi connectivity index (χ1) is 5.96. The Labute approximate surface area is 77.2 Å². The van der Waals surface area contributed by atoms with Gasteiger partial charge in [0.15, 0.2) is 0 Å². The molecule has 0 N–H and O–H groups in total. The van der Waals surface area contributed by atoms with Crippen molar-refractivity contribution < 1.29 is 19.1 Å². The smallest absolute Gasteiger partial charge is 0.310 e. The zero-order valence-corrected chi connectivity index (χ0v) is 8.29. The van der Waals surface area contributed by atoms with Crippen LogP contribution in [0.25, 0.3) is 0 Å². The first kappa shape index (κ1) is 10.0. The monoisotopic (exact) mass is 186 g/mol. The lowest BCUT2D eigenvalue weighted by molar-refractivity contribution is -0.148. The van der Waals surface area contributed by atoms with Crippen molar-refractivity contribution in [1.82, 2.24) is 0 Å². The van der Waals surface area contributed by atoms with Crippen molar-refractivity contribution >= 4 is 11.9 Å². The van der Waals surface area contributed by atoms with Crippen LogP contribution in [0.2, 0.25) is 0 Å². The highest BCUT2D eigenvalue weighted by Gasteiger charge is 2.67. The van der Waals surface area contributed by atoms with Gasteiger partial charge in [-0.1, -0.05) is 13.8 Å². The molecule has 0 unspecified atom stereocenters. The molecule has 0 saturated heterocycles. The lowest BCUT2D eigenvalue weighted by atomic mass is 10.1. The molecule has 1 rings (SSSR count). The summed E-state index contributed by atoms with van der Waals surface area (Å²) in [5, 5.41) is 0. The molecular weight excluding hydrogens is 172 g/mol. The number of rotatable bonds is 2. The van der Waals surface area contributed by atoms with Gasteiger partial charge in [-0.2, -0.15) is 0 Å². The Morgan fingerprint density at radius 3 is 1.54 bits per heavy atom. The van der Waals surface area contributed by atoms with Crippen LogP contribution < -0.4 is 0 Å². The van der Waals surface area contributed by atoms with Gasteiger partial charge in [0.25, 0.3) is 0 Å². The van der Waals surface area contributed by atoms with Crippen molar-refractivity contribution in [1.29, 1.82) is 0 Å². The van der Waals surface area contributed by atoms with E-state index in [-0.39, 0.29) is 29.2 Å². The second-order valence-electron chi connectivity index (χ2n) is 3.82. The topological polar surface area (TPSA) is 52.6 Å². The predicted octanol–water partition coefficient (Wildman–Crippen LogP) is 0.605. The Morgan fingerprint density at radius 1 is 1.00 bits per heavy atom. The minimum absolute atomic E-state index is 0.319. The molecule has 0 radical (unpaired) electrons. The van der Waals surface area contributed by atoms with Gasteiger partial charge in [0, 0.05) is 0 Å². The number of ether oxygens (including phenoxy) is 2. The Hall–Kier alpha value is -1.06. The third-order valence-corrected chi connectivity index (χ3v) is 2.74. The second-order valence-corrected chi connectivity index (χ2v) is 3.82. The molecule has 1 aliphatic rings. The van der Waals surface area contributed by atoms with Crippen molar-refractivity contribution in [2.24, 2.45) is 17.3 Å². The van der Waals surface area contributed by atoms with Crippen molar-refractivity contribution in [2.45, 2.75) is 13.8 Å². The van der Waals surface area contributed by atoms with Gasteiger partial charge in [0.05, 0.1) is 26.1 Å². The summed E-state index contributed by atoms with van der Waals surface area (Å²) >= 11 is 0. The highest BCUT2D eigenvalue weighted by molar-refractivity contribution is 5.89. The van der Waals surface area contributed by atoms with E-state index >= 15 is 0 Å². The fraction of sp³-hybridized carbons (Fsp3) is 0.778. The van der Waals surface area contributed by atoms with E-state index in [1.54, 1.807) is 0 Å². The quantitative estimate of drug-likeness (QED) is 0.593. The maximum Gasteiger partial charge on any atom is 0.310 e. The zero-order valence-electron chi connectivity index (χ0n) is 8.29. The molecule has 0 aromatic rings. The standard InChI is InChI=1S/C9H14O4/c1-9(2)5(7(10)12-3)6(9)8(11)13-4/h5-6H,1-4H3/t5-,6+. The molecule has 1 fully saturated rings. The number of hydrogen-bond donors (Lipinski definition) is 0. The largest absolute Gasteiger partial charge is 0.469 e. The van der Waals surface area contributed by atoms with Crippen LogP contribution in [-0.2, 0) is 19.1 Å². The Balaban J connectivity index is 2.71. The van der Waals surface area contributed by atoms with E-state index in [2.05, 4.69) is 9.47 Å². The second kappa shape index (κ2) is 3.01. The van der Waals surface area contributed by atoms with E-state index in [1.807, 2.05) is 13.8 Å². The van der Waals surface area contributed by atoms with Gasteiger partial charge in [0.1, 0.15) is 0 Å². The number of methoxy groups -OCH3 is 2. The van der Waals surface area contributed by atoms with Crippen LogP contribution in [0.4, 0.5) is 0 Å². The van der Waals surface area contributed by atoms with E-state index in [1.165, 1.54) is 14.2 Å². The molecule has 0 aliphatic heterocycles. The minimum atomic E-state index is -0.343. The molecule has 0 spiro atoms. The fourth-order valence-electron chi connectivity index (χ4n) is 1.77. The van der Waals surface area contributed by atoms with Crippen molar-refractivity contribution in [2.75, 3.05) is 14.2 Å². The van der Waals surface area contributed by atoms with Crippen LogP contribution in [0, 0.1) is 17.3 Å². The molecule has 74 valence electrons. The van der Waals surface area contributed by atoms with Gasteiger partial charge < -0.3 is 9.47 Å². The van der Waals surface area contributed by atoms with Crippen LogP contribution in [0.1, 0.15) is 13.8 Å². The van der Waals surface area contributed by atoms with Crippen LogP contribution >= 0.6 is 0 Å². The van der Waals surface area contributed by atoms with Gasteiger partial charge in [-0.05, 0) is 5.41 Å². The maximum atomic E-state index is 11.2. The summed E-state index contributed by atoms with van der Waals surface area (Å²) < 4.78 is 9.18. The molecule has 0 aromatic carbocycles. The summed E-state index contributed by atoms with van der Waals surface area (Å²) in [6.07, 6.45) is 0. The number of esters is 2. The Bertz CT molecular complexity index is 220. The van der Waals surface area contributed by atoms with Gasteiger partial charge in [0.2, 0.25) is 0 Å². The van der Waals surface area contributed by atoms with Gasteiger partial charge in [-0.3, -0.25) is 9.59 Å².